The van der Waals surface area contributed by atoms with Gasteiger partial charge in [0.05, 0.1) is 0 Å². The third-order valence-electron chi connectivity index (χ3n) is 4.82. The molecule has 1 heterocycles. The molecular formula is C15H18Cl2N2O. The zero-order valence-corrected chi connectivity index (χ0v) is 12.9. The molecule has 2 bridgehead atoms. The van der Waals surface area contributed by atoms with Crippen molar-refractivity contribution in [3.8, 4) is 0 Å². The molecule has 2 fully saturated rings. The van der Waals surface area contributed by atoms with Gasteiger partial charge in [-0.2, -0.15) is 0 Å². The van der Waals surface area contributed by atoms with Gasteiger partial charge in [-0.05, 0) is 56.1 Å². The largest absolute Gasteiger partial charge is 0.349 e. The smallest absolute Gasteiger partial charge is 0.251 e. The van der Waals surface area contributed by atoms with Crippen LogP contribution in [0.2, 0.25) is 10.3 Å². The lowest BCUT2D eigenvalue weighted by Gasteiger charge is -2.28. The summed E-state index contributed by atoms with van der Waals surface area (Å²) in [7, 11) is 0. The van der Waals surface area contributed by atoms with Crippen LogP contribution in [-0.2, 0) is 0 Å². The van der Waals surface area contributed by atoms with E-state index in [1.54, 1.807) is 12.1 Å². The van der Waals surface area contributed by atoms with E-state index < -0.39 is 0 Å². The topological polar surface area (TPSA) is 42.0 Å². The van der Waals surface area contributed by atoms with E-state index in [1.165, 1.54) is 25.7 Å². The maximum atomic E-state index is 12.3. The molecular weight excluding hydrogens is 295 g/mol. The Morgan fingerprint density at radius 1 is 1.30 bits per heavy atom. The average Bonchev–Trinajstić information content (AvgIpc) is 2.99. The summed E-state index contributed by atoms with van der Waals surface area (Å²) in [6.07, 6.45) is 5.29. The van der Waals surface area contributed by atoms with Crippen LogP contribution in [0.15, 0.2) is 12.1 Å². The number of pyridine rings is 1. The number of halogens is 2. The predicted molar refractivity (Wildman–Crippen MR) is 80.1 cm³/mol. The standard InChI is InChI=1S/C15H18Cl2N2O/c1-8(12-5-9-2-3-10(12)4-9)18-15(20)11-6-13(16)19-14(17)7-11/h6-10,12H,2-5H2,1H3,(H,18,20)/t8-,9-,10-,12-/m1/s1. The summed E-state index contributed by atoms with van der Waals surface area (Å²) >= 11 is 11.7. The predicted octanol–water partition coefficient (Wildman–Crippen LogP) is 3.94. The first-order valence-electron chi connectivity index (χ1n) is 7.17. The van der Waals surface area contributed by atoms with Crippen molar-refractivity contribution in [2.45, 2.75) is 38.6 Å². The molecule has 2 aliphatic carbocycles. The number of nitrogens with zero attached hydrogens (tertiary/aromatic N) is 1. The molecule has 3 rings (SSSR count). The lowest BCUT2D eigenvalue weighted by atomic mass is 9.84. The monoisotopic (exact) mass is 312 g/mol. The van der Waals surface area contributed by atoms with Crippen LogP contribution < -0.4 is 5.32 Å². The van der Waals surface area contributed by atoms with Gasteiger partial charge in [0.15, 0.2) is 0 Å². The highest BCUT2D eigenvalue weighted by Crippen LogP contribution is 2.49. The molecule has 1 amide bonds. The van der Waals surface area contributed by atoms with E-state index in [-0.39, 0.29) is 22.3 Å². The zero-order valence-electron chi connectivity index (χ0n) is 11.4. The van der Waals surface area contributed by atoms with Crippen LogP contribution in [0.3, 0.4) is 0 Å². The highest BCUT2D eigenvalue weighted by atomic mass is 35.5. The zero-order chi connectivity index (χ0) is 14.3. The van der Waals surface area contributed by atoms with Crippen molar-refractivity contribution >= 4 is 29.1 Å². The van der Waals surface area contributed by atoms with Gasteiger partial charge < -0.3 is 5.32 Å². The van der Waals surface area contributed by atoms with Gasteiger partial charge in [0.25, 0.3) is 5.91 Å². The van der Waals surface area contributed by atoms with Crippen LogP contribution >= 0.6 is 23.2 Å². The van der Waals surface area contributed by atoms with E-state index in [9.17, 15) is 4.79 Å². The molecule has 0 radical (unpaired) electrons. The Balaban J connectivity index is 1.66. The summed E-state index contributed by atoms with van der Waals surface area (Å²) < 4.78 is 0. The van der Waals surface area contributed by atoms with Gasteiger partial charge >= 0.3 is 0 Å². The first-order chi connectivity index (χ1) is 9.52. The Bertz CT molecular complexity index is 514. The Labute approximate surface area is 129 Å². The Kier molecular flexibility index (Phi) is 3.91. The molecule has 1 aromatic rings. The molecule has 2 saturated carbocycles. The summed E-state index contributed by atoms with van der Waals surface area (Å²) in [6, 6.07) is 3.30. The first-order valence-corrected chi connectivity index (χ1v) is 7.92. The van der Waals surface area contributed by atoms with Gasteiger partial charge in [-0.15, -0.1) is 0 Å². The number of hydrogen-bond donors (Lipinski definition) is 1. The number of rotatable bonds is 3. The van der Waals surface area contributed by atoms with E-state index >= 15 is 0 Å². The summed E-state index contributed by atoms with van der Waals surface area (Å²) in [5.74, 6) is 2.17. The molecule has 4 atom stereocenters. The lowest BCUT2D eigenvalue weighted by molar-refractivity contribution is 0.0915. The molecule has 0 aromatic carbocycles. The van der Waals surface area contributed by atoms with Crippen molar-refractivity contribution in [2.24, 2.45) is 17.8 Å². The number of aromatic nitrogens is 1. The molecule has 0 aliphatic heterocycles. The maximum absolute atomic E-state index is 12.3. The van der Waals surface area contributed by atoms with E-state index in [0.717, 1.165) is 11.8 Å². The van der Waals surface area contributed by atoms with Gasteiger partial charge in [0, 0.05) is 11.6 Å². The fourth-order valence-electron chi connectivity index (χ4n) is 3.90. The molecule has 0 unspecified atom stereocenters. The third-order valence-corrected chi connectivity index (χ3v) is 5.21. The number of amides is 1. The average molecular weight is 313 g/mol. The van der Waals surface area contributed by atoms with Crippen molar-refractivity contribution in [3.05, 3.63) is 28.0 Å². The van der Waals surface area contributed by atoms with E-state index in [2.05, 4.69) is 17.2 Å². The van der Waals surface area contributed by atoms with Crippen molar-refractivity contribution < 1.29 is 4.79 Å². The molecule has 0 saturated heterocycles. The minimum absolute atomic E-state index is 0.119. The number of hydrogen-bond acceptors (Lipinski definition) is 2. The first kappa shape index (κ1) is 14.2. The van der Waals surface area contributed by atoms with Crippen LogP contribution in [-0.4, -0.2) is 16.9 Å². The molecule has 1 aromatic heterocycles. The second-order valence-corrected chi connectivity index (χ2v) is 6.88. The van der Waals surface area contributed by atoms with Crippen LogP contribution in [0, 0.1) is 17.8 Å². The Morgan fingerprint density at radius 3 is 2.55 bits per heavy atom. The van der Waals surface area contributed by atoms with E-state index in [1.807, 2.05) is 0 Å². The number of carbonyl (C=O) groups excluding carboxylic acids is 1. The minimum Gasteiger partial charge on any atom is -0.349 e. The molecule has 1 N–H and O–H groups in total. The SMILES string of the molecule is C[C@@H](NC(=O)c1cc(Cl)nc(Cl)c1)[C@H]1C[C@@H]2CC[C@@H]1C2. The molecule has 2 aliphatic rings. The Hall–Kier alpha value is -0.800. The molecule has 5 heteroatoms. The highest BCUT2D eigenvalue weighted by Gasteiger charge is 2.42. The maximum Gasteiger partial charge on any atom is 0.251 e. The summed E-state index contributed by atoms with van der Waals surface area (Å²) in [4.78, 5) is 16.1. The second kappa shape index (κ2) is 5.53. The van der Waals surface area contributed by atoms with Crippen LogP contribution in [0.1, 0.15) is 43.0 Å². The fraction of sp³-hybridized carbons (Fsp3) is 0.600. The van der Waals surface area contributed by atoms with Crippen molar-refractivity contribution in [3.63, 3.8) is 0 Å². The second-order valence-electron chi connectivity index (χ2n) is 6.10. The van der Waals surface area contributed by atoms with Crippen LogP contribution in [0.5, 0.6) is 0 Å². The van der Waals surface area contributed by atoms with Gasteiger partial charge in [-0.25, -0.2) is 4.98 Å². The van der Waals surface area contributed by atoms with Gasteiger partial charge in [-0.3, -0.25) is 4.79 Å². The summed E-state index contributed by atoms with van der Waals surface area (Å²) in [5, 5.41) is 3.58. The normalized spacial score (nSPS) is 29.4. The third kappa shape index (κ3) is 2.79. The van der Waals surface area contributed by atoms with E-state index in [4.69, 9.17) is 23.2 Å². The number of carbonyl (C=O) groups is 1. The fourth-order valence-corrected chi connectivity index (χ4v) is 4.36. The van der Waals surface area contributed by atoms with Crippen molar-refractivity contribution in [2.75, 3.05) is 0 Å². The molecule has 20 heavy (non-hydrogen) atoms. The number of fused-ring (bicyclic) bond motifs is 2. The quantitative estimate of drug-likeness (QED) is 0.859. The van der Waals surface area contributed by atoms with Crippen LogP contribution in [0.25, 0.3) is 0 Å². The molecule has 3 nitrogen and oxygen atoms in total. The highest BCUT2D eigenvalue weighted by molar-refractivity contribution is 6.33. The van der Waals surface area contributed by atoms with E-state index in [0.29, 0.717) is 11.5 Å². The Morgan fingerprint density at radius 2 is 2.00 bits per heavy atom. The minimum atomic E-state index is -0.119. The summed E-state index contributed by atoms with van der Waals surface area (Å²) in [6.45, 7) is 2.10. The van der Waals surface area contributed by atoms with Gasteiger partial charge in [-0.1, -0.05) is 29.6 Å². The van der Waals surface area contributed by atoms with Crippen LogP contribution in [0.4, 0.5) is 0 Å². The molecule has 0 spiro atoms. The van der Waals surface area contributed by atoms with Gasteiger partial charge in [0.1, 0.15) is 10.3 Å². The molecule has 108 valence electrons. The number of nitrogens with one attached hydrogen (secondary N) is 1. The van der Waals surface area contributed by atoms with Crippen molar-refractivity contribution in [1.82, 2.24) is 10.3 Å². The lowest BCUT2D eigenvalue weighted by Crippen LogP contribution is -2.40. The van der Waals surface area contributed by atoms with Crippen molar-refractivity contribution in [1.29, 1.82) is 0 Å². The summed E-state index contributed by atoms with van der Waals surface area (Å²) in [5.41, 5.74) is 0.477. The van der Waals surface area contributed by atoms with Gasteiger partial charge in [0.2, 0.25) is 0 Å².